The first-order valence-corrected chi connectivity index (χ1v) is 15.2. The predicted molar refractivity (Wildman–Crippen MR) is 169 cm³/mol. The number of ether oxygens (including phenoxy) is 4. The molecular weight excluding hydrogens is 607 g/mol. The van der Waals surface area contributed by atoms with E-state index >= 15 is 0 Å². The van der Waals surface area contributed by atoms with Crippen LogP contribution >= 0.6 is 23.2 Å². The van der Waals surface area contributed by atoms with E-state index in [1.54, 1.807) is 18.2 Å². The van der Waals surface area contributed by atoms with E-state index < -0.39 is 23.8 Å². The lowest BCUT2D eigenvalue weighted by Crippen LogP contribution is -2.35. The van der Waals surface area contributed by atoms with Gasteiger partial charge in [-0.25, -0.2) is 9.59 Å². The van der Waals surface area contributed by atoms with Gasteiger partial charge in [-0.1, -0.05) is 67.4 Å². The average molecular weight is 648 g/mol. The van der Waals surface area contributed by atoms with Crippen molar-refractivity contribution >= 4 is 41.1 Å². The Bertz CT molecular complexity index is 1380. The van der Waals surface area contributed by atoms with Crippen LogP contribution in [0.1, 0.15) is 49.3 Å². The highest BCUT2D eigenvalue weighted by Crippen LogP contribution is 2.46. The first kappa shape index (κ1) is 35.1. The van der Waals surface area contributed by atoms with Gasteiger partial charge in [0.25, 0.3) is 0 Å². The molecule has 0 radical (unpaired) electrons. The molecule has 238 valence electrons. The Morgan fingerprint density at radius 1 is 0.795 bits per heavy atom. The standard InChI is InChI=1S/C33H40Cl2N2O7/c1-6-37(7-2)17-18-44-20-22-12-9-8-11-21(22)15-16-25-29(32(39)42-4)31(28-23(34)13-10-14-24(28)35)30(33(40)43-5)26(36-25)19-27(38)41-3/h8-14,31,36H,6-7,15-20H2,1-5H3. The van der Waals surface area contributed by atoms with Gasteiger partial charge in [-0.2, -0.15) is 0 Å². The predicted octanol–water partition coefficient (Wildman–Crippen LogP) is 5.59. The number of nitrogens with zero attached hydrogens (tertiary/aromatic N) is 1. The molecule has 1 unspecified atom stereocenters. The number of dihydropyridines is 1. The molecule has 1 aliphatic rings. The molecule has 9 nitrogen and oxygen atoms in total. The van der Waals surface area contributed by atoms with Crippen LogP contribution in [-0.2, 0) is 46.4 Å². The van der Waals surface area contributed by atoms with E-state index in [-0.39, 0.29) is 33.3 Å². The van der Waals surface area contributed by atoms with Crippen LogP contribution in [0.5, 0.6) is 0 Å². The molecule has 1 atom stereocenters. The number of carbonyl (C=O) groups is 3. The number of hydrogen-bond donors (Lipinski definition) is 1. The highest BCUT2D eigenvalue weighted by molar-refractivity contribution is 6.36. The minimum Gasteiger partial charge on any atom is -0.469 e. The summed E-state index contributed by atoms with van der Waals surface area (Å²) in [5.74, 6) is -3.11. The molecule has 0 bridgehead atoms. The molecule has 0 aromatic heterocycles. The first-order chi connectivity index (χ1) is 21.2. The number of carbonyl (C=O) groups excluding carboxylic acids is 3. The fourth-order valence-electron chi connectivity index (χ4n) is 5.26. The number of allylic oxidation sites excluding steroid dienone is 1. The van der Waals surface area contributed by atoms with Gasteiger partial charge in [-0.3, -0.25) is 4.79 Å². The Labute approximate surface area is 269 Å². The Kier molecular flexibility index (Phi) is 13.7. The fraction of sp³-hybridized carbons (Fsp3) is 0.424. The quantitative estimate of drug-likeness (QED) is 0.151. The zero-order chi connectivity index (χ0) is 32.2. The highest BCUT2D eigenvalue weighted by Gasteiger charge is 2.41. The summed E-state index contributed by atoms with van der Waals surface area (Å²) < 4.78 is 21.3. The number of esters is 3. The second kappa shape index (κ2) is 17.2. The Morgan fingerprint density at radius 2 is 1.39 bits per heavy atom. The molecule has 11 heteroatoms. The molecule has 0 aliphatic carbocycles. The molecule has 2 aromatic rings. The maximum atomic E-state index is 13.5. The van der Waals surface area contributed by atoms with Gasteiger partial charge in [0.05, 0.1) is 58.0 Å². The summed E-state index contributed by atoms with van der Waals surface area (Å²) >= 11 is 13.3. The summed E-state index contributed by atoms with van der Waals surface area (Å²) in [4.78, 5) is 41.6. The van der Waals surface area contributed by atoms with Crippen LogP contribution in [0.15, 0.2) is 65.0 Å². The lowest BCUT2D eigenvalue weighted by atomic mass is 9.78. The largest absolute Gasteiger partial charge is 0.469 e. The minimum absolute atomic E-state index is 0.0130. The summed E-state index contributed by atoms with van der Waals surface area (Å²) in [5, 5.41) is 3.65. The SMILES string of the molecule is CCN(CC)CCOCc1ccccc1CCC1=C(C(=O)OC)C(c2c(Cl)cccc2Cl)C(C(=O)OC)=C(CC(=O)OC)N1. The summed E-state index contributed by atoms with van der Waals surface area (Å²) in [6.45, 7) is 8.06. The van der Waals surface area contributed by atoms with Gasteiger partial charge < -0.3 is 29.2 Å². The molecule has 1 aliphatic heterocycles. The smallest absolute Gasteiger partial charge is 0.336 e. The van der Waals surface area contributed by atoms with Crippen molar-refractivity contribution in [2.24, 2.45) is 0 Å². The minimum atomic E-state index is -1.08. The van der Waals surface area contributed by atoms with Crippen LogP contribution in [0.25, 0.3) is 0 Å². The summed E-state index contributed by atoms with van der Waals surface area (Å²) in [6.07, 6.45) is 0.563. The van der Waals surface area contributed by atoms with Crippen molar-refractivity contribution in [2.45, 2.75) is 45.6 Å². The Hall–Kier alpha value is -3.37. The zero-order valence-corrected chi connectivity index (χ0v) is 27.3. The molecule has 2 aromatic carbocycles. The maximum Gasteiger partial charge on any atom is 0.336 e. The maximum absolute atomic E-state index is 13.5. The third-order valence-electron chi connectivity index (χ3n) is 7.64. The van der Waals surface area contributed by atoms with E-state index in [4.69, 9.17) is 42.1 Å². The van der Waals surface area contributed by atoms with Crippen molar-refractivity contribution < 1.29 is 33.3 Å². The van der Waals surface area contributed by atoms with Gasteiger partial charge in [-0.05, 0) is 49.2 Å². The number of hydrogen-bond acceptors (Lipinski definition) is 9. The number of nitrogens with one attached hydrogen (secondary N) is 1. The van der Waals surface area contributed by atoms with Gasteiger partial charge in [-0.15, -0.1) is 0 Å². The topological polar surface area (TPSA) is 103 Å². The monoisotopic (exact) mass is 646 g/mol. The van der Waals surface area contributed by atoms with Crippen molar-refractivity contribution in [3.8, 4) is 0 Å². The van der Waals surface area contributed by atoms with Crippen molar-refractivity contribution in [1.29, 1.82) is 0 Å². The average Bonchev–Trinajstić information content (AvgIpc) is 3.03. The molecule has 0 fully saturated rings. The summed E-state index contributed by atoms with van der Waals surface area (Å²) in [5.41, 5.74) is 3.21. The third-order valence-corrected chi connectivity index (χ3v) is 8.30. The van der Waals surface area contributed by atoms with Crippen LogP contribution < -0.4 is 5.32 Å². The van der Waals surface area contributed by atoms with Crippen LogP contribution in [0.4, 0.5) is 0 Å². The molecule has 1 N–H and O–H groups in total. The first-order valence-electron chi connectivity index (χ1n) is 14.5. The lowest BCUT2D eigenvalue weighted by molar-refractivity contribution is -0.139. The number of aryl methyl sites for hydroxylation is 1. The molecule has 0 saturated carbocycles. The summed E-state index contributed by atoms with van der Waals surface area (Å²) in [7, 11) is 3.73. The third kappa shape index (κ3) is 8.63. The van der Waals surface area contributed by atoms with Crippen LogP contribution in [0.2, 0.25) is 10.0 Å². The van der Waals surface area contributed by atoms with E-state index in [2.05, 4.69) is 24.1 Å². The van der Waals surface area contributed by atoms with Crippen molar-refractivity contribution in [2.75, 3.05) is 47.6 Å². The molecule has 1 heterocycles. The van der Waals surface area contributed by atoms with Crippen molar-refractivity contribution in [3.63, 3.8) is 0 Å². The molecule has 3 rings (SSSR count). The van der Waals surface area contributed by atoms with Gasteiger partial charge >= 0.3 is 17.9 Å². The van der Waals surface area contributed by atoms with Gasteiger partial charge in [0.1, 0.15) is 0 Å². The molecule has 44 heavy (non-hydrogen) atoms. The molecule has 0 amide bonds. The number of methoxy groups -OCH3 is 3. The molecule has 0 saturated heterocycles. The van der Waals surface area contributed by atoms with E-state index in [0.717, 1.165) is 30.8 Å². The van der Waals surface area contributed by atoms with Crippen LogP contribution in [-0.4, -0.2) is 70.4 Å². The Morgan fingerprint density at radius 3 is 1.95 bits per heavy atom. The molecular formula is C33H40Cl2N2O7. The van der Waals surface area contributed by atoms with E-state index in [1.807, 2.05) is 24.3 Å². The lowest BCUT2D eigenvalue weighted by Gasteiger charge is -2.33. The number of rotatable bonds is 15. The summed E-state index contributed by atoms with van der Waals surface area (Å²) in [6, 6.07) is 12.8. The van der Waals surface area contributed by atoms with Gasteiger partial charge in [0.15, 0.2) is 0 Å². The number of benzene rings is 2. The fourth-order valence-corrected chi connectivity index (χ4v) is 5.87. The number of halogens is 2. The van der Waals surface area contributed by atoms with Crippen molar-refractivity contribution in [1.82, 2.24) is 10.2 Å². The Balaban J connectivity index is 2.06. The normalized spacial score (nSPS) is 14.9. The van der Waals surface area contributed by atoms with Crippen LogP contribution in [0.3, 0.4) is 0 Å². The van der Waals surface area contributed by atoms with Crippen LogP contribution in [0, 0.1) is 0 Å². The van der Waals surface area contributed by atoms with Gasteiger partial charge in [0.2, 0.25) is 0 Å². The van der Waals surface area contributed by atoms with Crippen molar-refractivity contribution in [3.05, 3.63) is 91.7 Å². The second-order valence-corrected chi connectivity index (χ2v) is 10.9. The van der Waals surface area contributed by atoms with Gasteiger partial charge in [0, 0.05) is 33.5 Å². The van der Waals surface area contributed by atoms with E-state index in [9.17, 15) is 14.4 Å². The second-order valence-electron chi connectivity index (χ2n) is 10.1. The molecule has 0 spiro atoms. The number of likely N-dealkylation sites (N-methyl/N-ethyl adjacent to an activating group) is 1. The van der Waals surface area contributed by atoms with E-state index in [1.165, 1.54) is 21.3 Å². The van der Waals surface area contributed by atoms with E-state index in [0.29, 0.717) is 37.3 Å². The zero-order valence-electron chi connectivity index (χ0n) is 25.8. The highest BCUT2D eigenvalue weighted by atomic mass is 35.5.